The van der Waals surface area contributed by atoms with Crippen LogP contribution in [0.5, 0.6) is 0 Å². The predicted octanol–water partition coefficient (Wildman–Crippen LogP) is 1.68. The molecule has 0 atom stereocenters. The Hall–Kier alpha value is -3.24. The summed E-state index contributed by atoms with van der Waals surface area (Å²) in [4.78, 5) is 30.6. The molecule has 1 saturated heterocycles. The second kappa shape index (κ2) is 7.55. The summed E-state index contributed by atoms with van der Waals surface area (Å²) in [5.41, 5.74) is 1.49. The van der Waals surface area contributed by atoms with E-state index in [1.165, 1.54) is 12.3 Å². The summed E-state index contributed by atoms with van der Waals surface area (Å²) < 4.78 is 5.24. The Kier molecular flexibility index (Phi) is 5.02. The number of nitrogens with one attached hydrogen (secondary N) is 1. The summed E-state index contributed by atoms with van der Waals surface area (Å²) in [5, 5.41) is 11.6. The number of hydrogen-bond acceptors (Lipinski definition) is 5. The number of ether oxygens (including phenoxy) is 1. The van der Waals surface area contributed by atoms with Gasteiger partial charge in [0.15, 0.2) is 0 Å². The lowest BCUT2D eigenvalue weighted by atomic mass is 10.1. The lowest BCUT2D eigenvalue weighted by Crippen LogP contribution is -2.40. The molecular weight excluding hydrogens is 320 g/mol. The zero-order valence-corrected chi connectivity index (χ0v) is 13.4. The van der Waals surface area contributed by atoms with Gasteiger partial charge in [-0.15, -0.1) is 0 Å². The molecule has 1 aliphatic heterocycles. The molecule has 126 valence electrons. The molecule has 2 amide bonds. The average molecular weight is 336 g/mol. The Morgan fingerprint density at radius 3 is 2.76 bits per heavy atom. The van der Waals surface area contributed by atoms with Crippen LogP contribution in [-0.4, -0.2) is 48.0 Å². The summed E-state index contributed by atoms with van der Waals surface area (Å²) in [5.74, 6) is -0.585. The summed E-state index contributed by atoms with van der Waals surface area (Å²) in [7, 11) is 0. The van der Waals surface area contributed by atoms with Crippen LogP contribution >= 0.6 is 0 Å². The molecule has 3 rings (SSSR count). The van der Waals surface area contributed by atoms with E-state index in [2.05, 4.69) is 10.3 Å². The molecule has 0 unspecified atom stereocenters. The maximum atomic E-state index is 12.5. The maximum absolute atomic E-state index is 12.5. The van der Waals surface area contributed by atoms with Gasteiger partial charge in [-0.25, -0.2) is 0 Å². The minimum absolute atomic E-state index is 0.140. The number of benzene rings is 1. The van der Waals surface area contributed by atoms with Crippen LogP contribution in [0.15, 0.2) is 42.6 Å². The van der Waals surface area contributed by atoms with Crippen LogP contribution in [0.4, 0.5) is 5.69 Å². The van der Waals surface area contributed by atoms with Gasteiger partial charge in [0.25, 0.3) is 11.8 Å². The van der Waals surface area contributed by atoms with Gasteiger partial charge < -0.3 is 15.0 Å². The van der Waals surface area contributed by atoms with E-state index in [-0.39, 0.29) is 11.6 Å². The van der Waals surface area contributed by atoms with Gasteiger partial charge in [0.05, 0.1) is 24.8 Å². The molecule has 0 aliphatic carbocycles. The highest BCUT2D eigenvalue weighted by Gasteiger charge is 2.20. The van der Waals surface area contributed by atoms with E-state index in [0.29, 0.717) is 43.1 Å². The number of nitrogens with zero attached hydrogens (tertiary/aromatic N) is 3. The molecule has 1 aromatic carbocycles. The molecule has 0 saturated carbocycles. The Morgan fingerprint density at radius 1 is 1.20 bits per heavy atom. The first-order chi connectivity index (χ1) is 12.2. The zero-order chi connectivity index (χ0) is 17.6. The van der Waals surface area contributed by atoms with Crippen molar-refractivity contribution in [3.63, 3.8) is 0 Å². The first-order valence-electron chi connectivity index (χ1n) is 7.82. The van der Waals surface area contributed by atoms with Crippen molar-refractivity contribution in [1.29, 1.82) is 5.26 Å². The van der Waals surface area contributed by atoms with Gasteiger partial charge >= 0.3 is 0 Å². The van der Waals surface area contributed by atoms with Crippen molar-refractivity contribution in [3.05, 3.63) is 59.4 Å². The fraction of sp³-hybridized carbons (Fsp3) is 0.222. The number of morpholine rings is 1. The molecule has 1 aromatic heterocycles. The topological polar surface area (TPSA) is 95.3 Å². The lowest BCUT2D eigenvalue weighted by Gasteiger charge is -2.26. The maximum Gasteiger partial charge on any atom is 0.274 e. The van der Waals surface area contributed by atoms with Crippen molar-refractivity contribution in [1.82, 2.24) is 9.88 Å². The number of anilines is 1. The van der Waals surface area contributed by atoms with Gasteiger partial charge in [-0.05, 0) is 30.3 Å². The summed E-state index contributed by atoms with van der Waals surface area (Å²) in [6.07, 6.45) is 1.44. The highest BCUT2D eigenvalue weighted by molar-refractivity contribution is 6.04. The molecule has 1 N–H and O–H groups in total. The second-order valence-corrected chi connectivity index (χ2v) is 5.48. The number of hydrogen-bond donors (Lipinski definition) is 1. The first-order valence-corrected chi connectivity index (χ1v) is 7.82. The molecular formula is C18H16N4O3. The molecule has 1 fully saturated rings. The molecule has 1 aliphatic rings. The Bertz CT molecular complexity index is 838. The van der Waals surface area contributed by atoms with Crippen LogP contribution < -0.4 is 5.32 Å². The smallest absolute Gasteiger partial charge is 0.274 e. The number of aromatic nitrogens is 1. The standard InChI is InChI=1S/C18H16N4O3/c19-12-13-2-1-3-15(10-13)21-17(23)16-11-14(4-5-20-16)18(24)22-6-8-25-9-7-22/h1-5,10-11H,6-9H2,(H,21,23). The number of rotatable bonds is 3. The average Bonchev–Trinajstić information content (AvgIpc) is 2.68. The first kappa shape index (κ1) is 16.6. The fourth-order valence-electron chi connectivity index (χ4n) is 2.50. The van der Waals surface area contributed by atoms with E-state index in [0.717, 1.165) is 0 Å². The van der Waals surface area contributed by atoms with E-state index < -0.39 is 5.91 Å². The van der Waals surface area contributed by atoms with Crippen molar-refractivity contribution in [2.45, 2.75) is 0 Å². The van der Waals surface area contributed by atoms with Crippen molar-refractivity contribution in [2.24, 2.45) is 0 Å². The number of carbonyl (C=O) groups excluding carboxylic acids is 2. The predicted molar refractivity (Wildman–Crippen MR) is 90.1 cm³/mol. The molecule has 0 bridgehead atoms. The number of carbonyl (C=O) groups is 2. The van der Waals surface area contributed by atoms with Crippen LogP contribution in [0.3, 0.4) is 0 Å². The largest absolute Gasteiger partial charge is 0.378 e. The minimum Gasteiger partial charge on any atom is -0.378 e. The van der Waals surface area contributed by atoms with Crippen LogP contribution in [0, 0.1) is 11.3 Å². The molecule has 7 nitrogen and oxygen atoms in total. The fourth-order valence-corrected chi connectivity index (χ4v) is 2.50. The molecule has 0 spiro atoms. The second-order valence-electron chi connectivity index (χ2n) is 5.48. The highest BCUT2D eigenvalue weighted by atomic mass is 16.5. The van der Waals surface area contributed by atoms with E-state index >= 15 is 0 Å². The highest BCUT2D eigenvalue weighted by Crippen LogP contribution is 2.13. The third-order valence-electron chi connectivity index (χ3n) is 3.79. The Labute approximate surface area is 144 Å². The third kappa shape index (κ3) is 4.00. The summed E-state index contributed by atoms with van der Waals surface area (Å²) >= 11 is 0. The quantitative estimate of drug-likeness (QED) is 0.920. The number of nitriles is 1. The summed E-state index contributed by atoms with van der Waals surface area (Å²) in [6.45, 7) is 2.09. The van der Waals surface area contributed by atoms with Crippen molar-refractivity contribution >= 4 is 17.5 Å². The number of pyridine rings is 1. The van der Waals surface area contributed by atoms with Crippen LogP contribution in [-0.2, 0) is 4.74 Å². The molecule has 25 heavy (non-hydrogen) atoms. The van der Waals surface area contributed by atoms with Gasteiger partial charge in [-0.3, -0.25) is 14.6 Å². The van der Waals surface area contributed by atoms with Crippen LogP contribution in [0.25, 0.3) is 0 Å². The monoisotopic (exact) mass is 336 g/mol. The van der Waals surface area contributed by atoms with Gasteiger partial charge in [-0.1, -0.05) is 6.07 Å². The van der Waals surface area contributed by atoms with E-state index in [1.54, 1.807) is 35.2 Å². The molecule has 2 heterocycles. The zero-order valence-electron chi connectivity index (χ0n) is 13.4. The van der Waals surface area contributed by atoms with Crippen LogP contribution in [0.1, 0.15) is 26.4 Å². The molecule has 2 aromatic rings. The van der Waals surface area contributed by atoms with Crippen molar-refractivity contribution in [3.8, 4) is 6.07 Å². The SMILES string of the molecule is N#Cc1cccc(NC(=O)c2cc(C(=O)N3CCOCC3)ccn2)c1. The van der Waals surface area contributed by atoms with Crippen LogP contribution in [0.2, 0.25) is 0 Å². The normalized spacial score (nSPS) is 13.8. The minimum atomic E-state index is -0.438. The van der Waals surface area contributed by atoms with Crippen molar-refractivity contribution < 1.29 is 14.3 Å². The Morgan fingerprint density at radius 2 is 2.00 bits per heavy atom. The lowest BCUT2D eigenvalue weighted by molar-refractivity contribution is 0.0303. The van der Waals surface area contributed by atoms with Gasteiger partial charge in [0, 0.05) is 30.5 Å². The van der Waals surface area contributed by atoms with Gasteiger partial charge in [-0.2, -0.15) is 5.26 Å². The molecule has 7 heteroatoms. The van der Waals surface area contributed by atoms with E-state index in [9.17, 15) is 9.59 Å². The Balaban J connectivity index is 1.75. The van der Waals surface area contributed by atoms with Crippen molar-refractivity contribution in [2.75, 3.05) is 31.6 Å². The van der Waals surface area contributed by atoms with Gasteiger partial charge in [0.2, 0.25) is 0 Å². The van der Waals surface area contributed by atoms with Gasteiger partial charge in [0.1, 0.15) is 5.69 Å². The molecule has 0 radical (unpaired) electrons. The number of amides is 2. The van der Waals surface area contributed by atoms with E-state index in [4.69, 9.17) is 10.00 Å². The van der Waals surface area contributed by atoms with E-state index in [1.807, 2.05) is 6.07 Å². The summed E-state index contributed by atoms with van der Waals surface area (Å²) in [6, 6.07) is 11.7. The third-order valence-corrected chi connectivity index (χ3v) is 3.79.